The van der Waals surface area contributed by atoms with Crippen molar-refractivity contribution in [2.45, 2.75) is 17.9 Å². The van der Waals surface area contributed by atoms with Gasteiger partial charge in [-0.15, -0.1) is 0 Å². The first kappa shape index (κ1) is 19.0. The van der Waals surface area contributed by atoms with Gasteiger partial charge in [0, 0.05) is 6.26 Å². The van der Waals surface area contributed by atoms with Gasteiger partial charge in [-0.05, 0) is 43.3 Å². The molecule has 0 spiro atoms. The third-order valence-corrected chi connectivity index (χ3v) is 4.76. The fourth-order valence-corrected chi connectivity index (χ4v) is 2.73. The van der Waals surface area contributed by atoms with E-state index in [2.05, 4.69) is 5.32 Å². The van der Waals surface area contributed by atoms with Crippen LogP contribution in [0.25, 0.3) is 0 Å². The van der Waals surface area contributed by atoms with Gasteiger partial charge in [-0.25, -0.2) is 13.2 Å². The van der Waals surface area contributed by atoms with Gasteiger partial charge in [-0.1, -0.05) is 23.7 Å². The molecule has 0 bridgehead atoms. The van der Waals surface area contributed by atoms with Gasteiger partial charge in [0.2, 0.25) is 0 Å². The molecule has 25 heavy (non-hydrogen) atoms. The number of halogens is 1. The predicted molar refractivity (Wildman–Crippen MR) is 94.5 cm³/mol. The maximum absolute atomic E-state index is 12.1. The van der Waals surface area contributed by atoms with Gasteiger partial charge >= 0.3 is 5.97 Å². The first-order valence-corrected chi connectivity index (χ1v) is 9.52. The van der Waals surface area contributed by atoms with E-state index < -0.39 is 27.8 Å². The van der Waals surface area contributed by atoms with Gasteiger partial charge < -0.3 is 10.1 Å². The summed E-state index contributed by atoms with van der Waals surface area (Å²) in [5.41, 5.74) is 0.555. The van der Waals surface area contributed by atoms with E-state index in [9.17, 15) is 18.0 Å². The molecule has 2 aromatic rings. The van der Waals surface area contributed by atoms with Crippen molar-refractivity contribution in [1.29, 1.82) is 0 Å². The number of para-hydroxylation sites is 1. The molecule has 0 aliphatic heterocycles. The van der Waals surface area contributed by atoms with Gasteiger partial charge in [-0.3, -0.25) is 4.79 Å². The number of carbonyl (C=O) groups excluding carboxylic acids is 2. The van der Waals surface area contributed by atoms with Crippen LogP contribution in [0.2, 0.25) is 5.02 Å². The van der Waals surface area contributed by atoms with E-state index in [1.165, 1.54) is 31.2 Å². The average Bonchev–Trinajstić information content (AvgIpc) is 2.56. The Morgan fingerprint density at radius 2 is 1.68 bits per heavy atom. The molecule has 0 unspecified atom stereocenters. The van der Waals surface area contributed by atoms with Crippen molar-refractivity contribution in [1.82, 2.24) is 0 Å². The van der Waals surface area contributed by atoms with Crippen LogP contribution >= 0.6 is 11.6 Å². The van der Waals surface area contributed by atoms with Gasteiger partial charge in [0.25, 0.3) is 5.91 Å². The van der Waals surface area contributed by atoms with E-state index in [1.54, 1.807) is 24.3 Å². The number of benzene rings is 2. The molecule has 2 aromatic carbocycles. The molecule has 0 fully saturated rings. The minimum atomic E-state index is -3.35. The van der Waals surface area contributed by atoms with Crippen LogP contribution in [0.3, 0.4) is 0 Å². The Morgan fingerprint density at radius 3 is 2.24 bits per heavy atom. The van der Waals surface area contributed by atoms with Gasteiger partial charge in [-0.2, -0.15) is 0 Å². The van der Waals surface area contributed by atoms with Crippen LogP contribution in [0.4, 0.5) is 5.69 Å². The van der Waals surface area contributed by atoms with Crippen LogP contribution in [-0.2, 0) is 19.4 Å². The summed E-state index contributed by atoms with van der Waals surface area (Å²) in [4.78, 5) is 24.2. The van der Waals surface area contributed by atoms with Crippen molar-refractivity contribution >= 4 is 39.0 Å². The zero-order valence-electron chi connectivity index (χ0n) is 13.5. The number of hydrogen-bond acceptors (Lipinski definition) is 5. The Hall–Kier alpha value is -2.38. The Bertz CT molecular complexity index is 894. The van der Waals surface area contributed by atoms with Crippen LogP contribution in [0.15, 0.2) is 53.4 Å². The minimum Gasteiger partial charge on any atom is -0.449 e. The lowest BCUT2D eigenvalue weighted by atomic mass is 10.2. The molecule has 0 aromatic heterocycles. The molecule has 1 atom stereocenters. The molecule has 1 N–H and O–H groups in total. The first-order chi connectivity index (χ1) is 11.7. The van der Waals surface area contributed by atoms with Gasteiger partial charge in [0.05, 0.1) is 21.2 Å². The number of ether oxygens (including phenoxy) is 1. The number of sulfone groups is 1. The van der Waals surface area contributed by atoms with Crippen molar-refractivity contribution in [3.8, 4) is 0 Å². The van der Waals surface area contributed by atoms with Crippen LogP contribution in [-0.4, -0.2) is 32.7 Å². The molecule has 8 heteroatoms. The Balaban J connectivity index is 2.02. The second-order valence-corrected chi connectivity index (χ2v) is 7.74. The molecule has 0 aliphatic rings. The van der Waals surface area contributed by atoms with E-state index in [-0.39, 0.29) is 10.5 Å². The molecule has 1 amide bonds. The van der Waals surface area contributed by atoms with Crippen LogP contribution in [0.5, 0.6) is 0 Å². The molecule has 0 heterocycles. The number of hydrogen-bond donors (Lipinski definition) is 1. The van der Waals surface area contributed by atoms with E-state index in [0.29, 0.717) is 10.7 Å². The lowest BCUT2D eigenvalue weighted by Crippen LogP contribution is -2.30. The zero-order chi connectivity index (χ0) is 18.6. The molecule has 6 nitrogen and oxygen atoms in total. The summed E-state index contributed by atoms with van der Waals surface area (Å²) < 4.78 is 27.9. The highest BCUT2D eigenvalue weighted by Crippen LogP contribution is 2.21. The summed E-state index contributed by atoms with van der Waals surface area (Å²) in [5.74, 6) is -1.27. The number of nitrogens with one attached hydrogen (secondary N) is 1. The average molecular weight is 382 g/mol. The second kappa shape index (κ2) is 7.67. The van der Waals surface area contributed by atoms with Crippen molar-refractivity contribution in [2.24, 2.45) is 0 Å². The molecule has 0 radical (unpaired) electrons. The van der Waals surface area contributed by atoms with E-state index in [0.717, 1.165) is 6.26 Å². The highest BCUT2D eigenvalue weighted by molar-refractivity contribution is 7.90. The third kappa shape index (κ3) is 5.04. The highest BCUT2D eigenvalue weighted by atomic mass is 35.5. The summed E-state index contributed by atoms with van der Waals surface area (Å²) in [6.45, 7) is 1.43. The zero-order valence-corrected chi connectivity index (χ0v) is 15.1. The maximum Gasteiger partial charge on any atom is 0.338 e. The fraction of sp³-hybridized carbons (Fsp3) is 0.176. The standard InChI is InChI=1S/C17H16ClNO5S/c1-11(16(20)19-15-6-4-3-5-14(15)18)24-17(21)12-7-9-13(10-8-12)25(2,22)23/h3-11H,1-2H3,(H,19,20)/t11-/m1/s1. The molecule has 0 saturated carbocycles. The molecule has 0 aliphatic carbocycles. The number of amides is 1. The number of rotatable bonds is 5. The Morgan fingerprint density at radius 1 is 1.08 bits per heavy atom. The van der Waals surface area contributed by atoms with Gasteiger partial charge in [0.1, 0.15) is 0 Å². The smallest absolute Gasteiger partial charge is 0.338 e. The molecule has 132 valence electrons. The largest absolute Gasteiger partial charge is 0.449 e. The van der Waals surface area contributed by atoms with Crippen LogP contribution in [0, 0.1) is 0 Å². The van der Waals surface area contributed by atoms with Crippen molar-refractivity contribution in [3.05, 3.63) is 59.1 Å². The van der Waals surface area contributed by atoms with Crippen LogP contribution in [0.1, 0.15) is 17.3 Å². The molecule has 0 saturated heterocycles. The topological polar surface area (TPSA) is 89.5 Å². The first-order valence-electron chi connectivity index (χ1n) is 7.25. The van der Waals surface area contributed by atoms with Crippen LogP contribution < -0.4 is 5.32 Å². The van der Waals surface area contributed by atoms with E-state index in [4.69, 9.17) is 16.3 Å². The van der Waals surface area contributed by atoms with Gasteiger partial charge in [0.15, 0.2) is 15.9 Å². The van der Waals surface area contributed by atoms with Crippen molar-refractivity contribution in [3.63, 3.8) is 0 Å². The summed E-state index contributed by atoms with van der Waals surface area (Å²) >= 11 is 5.95. The SMILES string of the molecule is C[C@@H](OC(=O)c1ccc(S(C)(=O)=O)cc1)C(=O)Nc1ccccc1Cl. The molecular weight excluding hydrogens is 366 g/mol. The molecular formula is C17H16ClNO5S. The number of esters is 1. The monoisotopic (exact) mass is 381 g/mol. The second-order valence-electron chi connectivity index (χ2n) is 5.31. The fourth-order valence-electron chi connectivity index (χ4n) is 1.92. The maximum atomic E-state index is 12.1. The molecule has 2 rings (SSSR count). The lowest BCUT2D eigenvalue weighted by molar-refractivity contribution is -0.123. The van der Waals surface area contributed by atoms with Crippen molar-refractivity contribution < 1.29 is 22.7 Å². The summed E-state index contributed by atoms with van der Waals surface area (Å²) in [6.07, 6.45) is 0.0138. The van der Waals surface area contributed by atoms with E-state index in [1.807, 2.05) is 0 Å². The summed E-state index contributed by atoms with van der Waals surface area (Å²) in [7, 11) is -3.35. The Kier molecular flexibility index (Phi) is 5.81. The number of anilines is 1. The third-order valence-electron chi connectivity index (χ3n) is 3.30. The minimum absolute atomic E-state index is 0.0913. The van der Waals surface area contributed by atoms with E-state index >= 15 is 0 Å². The summed E-state index contributed by atoms with van der Waals surface area (Å²) in [6, 6.07) is 12.0. The quantitative estimate of drug-likeness (QED) is 0.804. The Labute approximate surface area is 150 Å². The number of carbonyl (C=O) groups is 2. The lowest BCUT2D eigenvalue weighted by Gasteiger charge is -2.14. The summed E-state index contributed by atoms with van der Waals surface area (Å²) in [5, 5.41) is 2.93. The normalized spacial score (nSPS) is 12.3. The van der Waals surface area contributed by atoms with Crippen molar-refractivity contribution in [2.75, 3.05) is 11.6 Å². The predicted octanol–water partition coefficient (Wildman–Crippen LogP) is 2.93. The highest BCUT2D eigenvalue weighted by Gasteiger charge is 2.20.